The van der Waals surface area contributed by atoms with Gasteiger partial charge in [0, 0.05) is 30.6 Å². The fourth-order valence-corrected chi connectivity index (χ4v) is 2.69. The topological polar surface area (TPSA) is 59.9 Å². The molecule has 2 rings (SSSR count). The van der Waals surface area contributed by atoms with Crippen LogP contribution in [-0.4, -0.2) is 28.6 Å². The summed E-state index contributed by atoms with van der Waals surface area (Å²) in [6.45, 7) is 7.28. The van der Waals surface area contributed by atoms with Crippen molar-refractivity contribution in [2.24, 2.45) is 0 Å². The van der Waals surface area contributed by atoms with Crippen LogP contribution in [0.1, 0.15) is 24.0 Å². The first kappa shape index (κ1) is 16.1. The van der Waals surface area contributed by atoms with E-state index >= 15 is 0 Å². The molecule has 0 aromatic carbocycles. The highest BCUT2D eigenvalue weighted by atomic mass is 127. The van der Waals surface area contributed by atoms with Gasteiger partial charge in [0.25, 0.3) is 0 Å². The quantitative estimate of drug-likeness (QED) is 0.783. The van der Waals surface area contributed by atoms with E-state index in [1.165, 1.54) is 0 Å². The number of hydrogen-bond donors (Lipinski definition) is 1. The third-order valence-electron chi connectivity index (χ3n) is 2.88. The van der Waals surface area contributed by atoms with Crippen LogP contribution in [0, 0.1) is 17.4 Å². The standard InChI is InChI=1S/C15H19IN4O/c1-5-17-15-13(16)12(8-21-4)19-14(20-15)11-6-9(2)18-10(3)7-11/h6-7H,5,8H2,1-4H3,(H,17,19,20). The molecule has 2 aromatic rings. The largest absolute Gasteiger partial charge is 0.378 e. The Hall–Kier alpha value is -1.28. The van der Waals surface area contributed by atoms with Crippen molar-refractivity contribution in [2.75, 3.05) is 19.0 Å². The van der Waals surface area contributed by atoms with E-state index in [0.29, 0.717) is 12.4 Å². The van der Waals surface area contributed by atoms with Crippen LogP contribution in [0.2, 0.25) is 0 Å². The second-order valence-electron chi connectivity index (χ2n) is 4.76. The number of halogens is 1. The highest BCUT2D eigenvalue weighted by Gasteiger charge is 2.13. The zero-order chi connectivity index (χ0) is 15.4. The predicted molar refractivity (Wildman–Crippen MR) is 92.3 cm³/mol. The van der Waals surface area contributed by atoms with E-state index in [1.807, 2.05) is 26.0 Å². The molecule has 0 radical (unpaired) electrons. The van der Waals surface area contributed by atoms with Crippen LogP contribution >= 0.6 is 22.6 Å². The second-order valence-corrected chi connectivity index (χ2v) is 5.84. The minimum absolute atomic E-state index is 0.467. The molecule has 0 saturated carbocycles. The van der Waals surface area contributed by atoms with Gasteiger partial charge in [0.05, 0.1) is 15.9 Å². The van der Waals surface area contributed by atoms with Crippen molar-refractivity contribution in [2.45, 2.75) is 27.4 Å². The van der Waals surface area contributed by atoms with Crippen molar-refractivity contribution < 1.29 is 4.74 Å². The van der Waals surface area contributed by atoms with Crippen molar-refractivity contribution in [1.29, 1.82) is 0 Å². The molecular weight excluding hydrogens is 379 g/mol. The number of aryl methyl sites for hydroxylation is 2. The Bertz CT molecular complexity index is 598. The fraction of sp³-hybridized carbons (Fsp3) is 0.400. The minimum atomic E-state index is 0.467. The van der Waals surface area contributed by atoms with E-state index in [0.717, 1.165) is 38.6 Å². The van der Waals surface area contributed by atoms with Gasteiger partial charge in [-0.3, -0.25) is 4.98 Å². The van der Waals surface area contributed by atoms with E-state index < -0.39 is 0 Å². The van der Waals surface area contributed by atoms with Gasteiger partial charge in [-0.05, 0) is 55.5 Å². The smallest absolute Gasteiger partial charge is 0.162 e. The number of pyridine rings is 1. The van der Waals surface area contributed by atoms with Gasteiger partial charge in [-0.2, -0.15) is 0 Å². The number of anilines is 1. The Kier molecular flexibility index (Phi) is 5.46. The second kappa shape index (κ2) is 7.13. The fourth-order valence-electron chi connectivity index (χ4n) is 2.10. The van der Waals surface area contributed by atoms with Crippen LogP contribution in [0.4, 0.5) is 5.82 Å². The zero-order valence-electron chi connectivity index (χ0n) is 12.7. The molecule has 0 saturated heterocycles. The van der Waals surface area contributed by atoms with Crippen molar-refractivity contribution in [3.8, 4) is 11.4 Å². The van der Waals surface area contributed by atoms with Gasteiger partial charge >= 0.3 is 0 Å². The Balaban J connectivity index is 2.56. The normalized spacial score (nSPS) is 10.7. The summed E-state index contributed by atoms with van der Waals surface area (Å²) >= 11 is 2.26. The molecular formula is C15H19IN4O. The highest BCUT2D eigenvalue weighted by Crippen LogP contribution is 2.25. The molecule has 1 N–H and O–H groups in total. The summed E-state index contributed by atoms with van der Waals surface area (Å²) in [6, 6.07) is 4.00. The van der Waals surface area contributed by atoms with Crippen molar-refractivity contribution in [1.82, 2.24) is 15.0 Å². The summed E-state index contributed by atoms with van der Waals surface area (Å²) in [7, 11) is 1.67. The van der Waals surface area contributed by atoms with Crippen LogP contribution in [0.5, 0.6) is 0 Å². The van der Waals surface area contributed by atoms with E-state index in [-0.39, 0.29) is 0 Å². The molecule has 0 bridgehead atoms. The maximum atomic E-state index is 5.24. The monoisotopic (exact) mass is 398 g/mol. The maximum Gasteiger partial charge on any atom is 0.162 e. The molecule has 0 fully saturated rings. The third kappa shape index (κ3) is 3.88. The molecule has 2 heterocycles. The van der Waals surface area contributed by atoms with Gasteiger partial charge < -0.3 is 10.1 Å². The van der Waals surface area contributed by atoms with E-state index in [1.54, 1.807) is 7.11 Å². The average molecular weight is 398 g/mol. The van der Waals surface area contributed by atoms with Crippen molar-refractivity contribution in [3.05, 3.63) is 32.8 Å². The lowest BCUT2D eigenvalue weighted by molar-refractivity contribution is 0.181. The Morgan fingerprint density at radius 1 is 1.14 bits per heavy atom. The zero-order valence-corrected chi connectivity index (χ0v) is 14.9. The Morgan fingerprint density at radius 2 is 1.81 bits per heavy atom. The Morgan fingerprint density at radius 3 is 2.38 bits per heavy atom. The van der Waals surface area contributed by atoms with E-state index in [9.17, 15) is 0 Å². The molecule has 6 heteroatoms. The SMILES string of the molecule is CCNc1nc(-c2cc(C)nc(C)c2)nc(COC)c1I. The number of hydrogen-bond acceptors (Lipinski definition) is 5. The van der Waals surface area contributed by atoms with Gasteiger partial charge in [-0.25, -0.2) is 9.97 Å². The summed E-state index contributed by atoms with van der Waals surface area (Å²) in [5.74, 6) is 1.55. The average Bonchev–Trinajstić information content (AvgIpc) is 2.42. The van der Waals surface area contributed by atoms with Gasteiger partial charge in [0.15, 0.2) is 5.82 Å². The number of methoxy groups -OCH3 is 1. The lowest BCUT2D eigenvalue weighted by Crippen LogP contribution is -2.09. The number of nitrogens with one attached hydrogen (secondary N) is 1. The van der Waals surface area contributed by atoms with Gasteiger partial charge in [-0.15, -0.1) is 0 Å². The lowest BCUT2D eigenvalue weighted by atomic mass is 10.2. The third-order valence-corrected chi connectivity index (χ3v) is 4.02. The molecule has 0 atom stereocenters. The van der Waals surface area contributed by atoms with Crippen LogP contribution in [0.25, 0.3) is 11.4 Å². The maximum absolute atomic E-state index is 5.24. The number of ether oxygens (including phenoxy) is 1. The summed E-state index contributed by atoms with van der Waals surface area (Å²) in [5, 5.41) is 3.28. The van der Waals surface area contributed by atoms with Gasteiger partial charge in [-0.1, -0.05) is 0 Å². The first-order chi connectivity index (χ1) is 10.0. The number of aromatic nitrogens is 3. The molecule has 0 aliphatic rings. The molecule has 112 valence electrons. The van der Waals surface area contributed by atoms with E-state index in [4.69, 9.17) is 4.74 Å². The molecule has 0 spiro atoms. The predicted octanol–water partition coefficient (Wildman–Crippen LogP) is 3.34. The molecule has 0 aliphatic heterocycles. The summed E-state index contributed by atoms with van der Waals surface area (Å²) in [6.07, 6.45) is 0. The molecule has 0 aliphatic carbocycles. The first-order valence-electron chi connectivity index (χ1n) is 6.80. The molecule has 0 amide bonds. The summed E-state index contributed by atoms with van der Waals surface area (Å²) in [5.41, 5.74) is 3.80. The lowest BCUT2D eigenvalue weighted by Gasteiger charge is -2.12. The van der Waals surface area contributed by atoms with Crippen molar-refractivity contribution >= 4 is 28.4 Å². The van der Waals surface area contributed by atoms with Gasteiger partial charge in [0.1, 0.15) is 5.82 Å². The van der Waals surface area contributed by atoms with Crippen LogP contribution in [0.3, 0.4) is 0 Å². The minimum Gasteiger partial charge on any atom is -0.378 e. The number of rotatable bonds is 5. The molecule has 21 heavy (non-hydrogen) atoms. The van der Waals surface area contributed by atoms with E-state index in [2.05, 4.69) is 49.8 Å². The highest BCUT2D eigenvalue weighted by molar-refractivity contribution is 14.1. The Labute approximate surface area is 138 Å². The molecule has 2 aromatic heterocycles. The van der Waals surface area contributed by atoms with Crippen LogP contribution < -0.4 is 5.32 Å². The van der Waals surface area contributed by atoms with Gasteiger partial charge in [0.2, 0.25) is 0 Å². The van der Waals surface area contributed by atoms with Crippen LogP contribution in [-0.2, 0) is 11.3 Å². The number of nitrogens with zero attached hydrogens (tertiary/aromatic N) is 3. The summed E-state index contributed by atoms with van der Waals surface area (Å²) in [4.78, 5) is 13.7. The molecule has 0 unspecified atom stereocenters. The van der Waals surface area contributed by atoms with Crippen molar-refractivity contribution in [3.63, 3.8) is 0 Å². The summed E-state index contributed by atoms with van der Waals surface area (Å²) < 4.78 is 6.25. The first-order valence-corrected chi connectivity index (χ1v) is 7.88. The van der Waals surface area contributed by atoms with Crippen LogP contribution in [0.15, 0.2) is 12.1 Å². The molecule has 5 nitrogen and oxygen atoms in total.